The fourth-order valence-corrected chi connectivity index (χ4v) is 2.98. The van der Waals surface area contributed by atoms with Crippen molar-refractivity contribution < 1.29 is 0 Å². The van der Waals surface area contributed by atoms with Crippen LogP contribution < -0.4 is 0 Å². The highest BCUT2D eigenvalue weighted by molar-refractivity contribution is 8.93. The first-order valence-corrected chi connectivity index (χ1v) is 7.81. The molecule has 0 aliphatic carbocycles. The Bertz CT molecular complexity index is 939. The predicted molar refractivity (Wildman–Crippen MR) is 102 cm³/mol. The Hall–Kier alpha value is -2.13. The zero-order valence-electron chi connectivity index (χ0n) is 13.1. The average molecular weight is 367 g/mol. The number of pyridine rings is 1. The van der Waals surface area contributed by atoms with Gasteiger partial charge in [0, 0.05) is 23.3 Å². The van der Waals surface area contributed by atoms with Crippen LogP contribution in [-0.2, 0) is 6.42 Å². The smallest absolute Gasteiger partial charge is 0.145 e. The number of hydrogen-bond acceptors (Lipinski definition) is 1. The molecule has 2 aromatic heterocycles. The van der Waals surface area contributed by atoms with E-state index in [0.717, 1.165) is 17.8 Å². The predicted octanol–water partition coefficient (Wildman–Crippen LogP) is 5.68. The summed E-state index contributed by atoms with van der Waals surface area (Å²) in [6.07, 6.45) is 6.51. The molecule has 0 aliphatic rings. The number of nitrogens with zero attached hydrogens (tertiary/aromatic N) is 2. The van der Waals surface area contributed by atoms with Crippen molar-refractivity contribution in [3.8, 4) is 11.3 Å². The van der Waals surface area contributed by atoms with Crippen LogP contribution in [0.2, 0.25) is 0 Å². The van der Waals surface area contributed by atoms with Crippen molar-refractivity contribution in [2.24, 2.45) is 0 Å². The number of rotatable bonds is 3. The summed E-state index contributed by atoms with van der Waals surface area (Å²) < 4.78 is 2.11. The Morgan fingerprint density at radius 2 is 1.74 bits per heavy atom. The number of fused-ring (bicyclic) bond motifs is 3. The molecule has 0 amide bonds. The lowest BCUT2D eigenvalue weighted by Gasteiger charge is -2.00. The van der Waals surface area contributed by atoms with Gasteiger partial charge in [0.1, 0.15) is 5.65 Å². The Balaban J connectivity index is 0.00000156. The van der Waals surface area contributed by atoms with Crippen LogP contribution in [0.25, 0.3) is 27.7 Å². The standard InChI is InChI=1S/C20H18N2.BrH/c1-2-5-15-8-10-17(11-9-15)19-14-22-13-12-16-6-3-4-7-18(16)20(22)21-19;/h3-4,6-14H,2,5H2,1H3;1H. The highest BCUT2D eigenvalue weighted by atomic mass is 79.9. The third-order valence-electron chi connectivity index (χ3n) is 4.14. The number of aromatic nitrogens is 2. The van der Waals surface area contributed by atoms with Crippen molar-refractivity contribution in [3.05, 3.63) is 72.6 Å². The van der Waals surface area contributed by atoms with E-state index in [-0.39, 0.29) is 17.0 Å². The van der Waals surface area contributed by atoms with Gasteiger partial charge in [-0.2, -0.15) is 0 Å². The van der Waals surface area contributed by atoms with Crippen LogP contribution in [0, 0.1) is 0 Å². The van der Waals surface area contributed by atoms with E-state index in [1.165, 1.54) is 28.3 Å². The second-order valence-corrected chi connectivity index (χ2v) is 5.71. The van der Waals surface area contributed by atoms with E-state index in [2.05, 4.69) is 78.3 Å². The molecular weight excluding hydrogens is 348 g/mol. The Morgan fingerprint density at radius 3 is 2.52 bits per heavy atom. The molecule has 23 heavy (non-hydrogen) atoms. The maximum atomic E-state index is 4.85. The molecule has 0 fully saturated rings. The number of benzene rings is 2. The maximum Gasteiger partial charge on any atom is 0.145 e. The number of imidazole rings is 1. The minimum Gasteiger partial charge on any atom is -0.306 e. The summed E-state index contributed by atoms with van der Waals surface area (Å²) in [7, 11) is 0. The van der Waals surface area contributed by atoms with Crippen LogP contribution in [0.5, 0.6) is 0 Å². The summed E-state index contributed by atoms with van der Waals surface area (Å²) in [4.78, 5) is 4.85. The van der Waals surface area contributed by atoms with Gasteiger partial charge in [-0.25, -0.2) is 4.98 Å². The van der Waals surface area contributed by atoms with Gasteiger partial charge in [0.15, 0.2) is 0 Å². The molecule has 116 valence electrons. The molecule has 0 N–H and O–H groups in total. The third-order valence-corrected chi connectivity index (χ3v) is 4.14. The molecule has 2 heterocycles. The zero-order chi connectivity index (χ0) is 14.9. The van der Waals surface area contributed by atoms with Crippen LogP contribution in [0.15, 0.2) is 67.0 Å². The first-order chi connectivity index (χ1) is 10.8. The van der Waals surface area contributed by atoms with Gasteiger partial charge < -0.3 is 4.40 Å². The van der Waals surface area contributed by atoms with E-state index >= 15 is 0 Å². The van der Waals surface area contributed by atoms with Gasteiger partial charge in [0.25, 0.3) is 0 Å². The van der Waals surface area contributed by atoms with Crippen molar-refractivity contribution in [2.45, 2.75) is 19.8 Å². The van der Waals surface area contributed by atoms with Crippen molar-refractivity contribution in [2.75, 3.05) is 0 Å². The second kappa shape index (κ2) is 6.55. The topological polar surface area (TPSA) is 17.3 Å². The van der Waals surface area contributed by atoms with E-state index in [1.807, 2.05) is 0 Å². The minimum absolute atomic E-state index is 0. The van der Waals surface area contributed by atoms with Gasteiger partial charge in [0.05, 0.1) is 5.69 Å². The summed E-state index contributed by atoms with van der Waals surface area (Å²) in [5.74, 6) is 0. The Kier molecular flexibility index (Phi) is 4.49. The summed E-state index contributed by atoms with van der Waals surface area (Å²) >= 11 is 0. The number of hydrogen-bond donors (Lipinski definition) is 0. The molecule has 0 bridgehead atoms. The lowest BCUT2D eigenvalue weighted by atomic mass is 10.1. The molecule has 0 aliphatic heterocycles. The Morgan fingerprint density at radius 1 is 0.957 bits per heavy atom. The quantitative estimate of drug-likeness (QED) is 0.455. The second-order valence-electron chi connectivity index (χ2n) is 5.71. The van der Waals surface area contributed by atoms with Crippen LogP contribution in [0.4, 0.5) is 0 Å². The first-order valence-electron chi connectivity index (χ1n) is 7.81. The van der Waals surface area contributed by atoms with Crippen molar-refractivity contribution in [1.29, 1.82) is 0 Å². The molecule has 4 rings (SSSR count). The van der Waals surface area contributed by atoms with Gasteiger partial charge in [0.2, 0.25) is 0 Å². The van der Waals surface area contributed by atoms with Gasteiger partial charge in [-0.1, -0.05) is 61.9 Å². The van der Waals surface area contributed by atoms with Crippen LogP contribution >= 0.6 is 17.0 Å². The number of aryl methyl sites for hydroxylation is 1. The highest BCUT2D eigenvalue weighted by Crippen LogP contribution is 2.24. The summed E-state index contributed by atoms with van der Waals surface area (Å²) in [6, 6.07) is 19.3. The lowest BCUT2D eigenvalue weighted by molar-refractivity contribution is 0.922. The fourth-order valence-electron chi connectivity index (χ4n) is 2.98. The lowest BCUT2D eigenvalue weighted by Crippen LogP contribution is -1.83. The summed E-state index contributed by atoms with van der Waals surface area (Å²) in [5, 5.41) is 2.42. The molecule has 0 unspecified atom stereocenters. The van der Waals surface area contributed by atoms with Gasteiger partial charge in [-0.15, -0.1) is 17.0 Å². The SMILES string of the molecule is Br.CCCc1ccc(-c2cn3ccc4ccccc4c3n2)cc1. The average Bonchev–Trinajstić information content (AvgIpc) is 3.00. The van der Waals surface area contributed by atoms with E-state index in [0.29, 0.717) is 0 Å². The van der Waals surface area contributed by atoms with E-state index in [4.69, 9.17) is 4.98 Å². The molecule has 4 aromatic rings. The monoisotopic (exact) mass is 366 g/mol. The molecule has 0 saturated carbocycles. The molecule has 0 radical (unpaired) electrons. The molecule has 0 atom stereocenters. The van der Waals surface area contributed by atoms with E-state index < -0.39 is 0 Å². The van der Waals surface area contributed by atoms with E-state index in [1.54, 1.807) is 0 Å². The molecule has 0 saturated heterocycles. The minimum atomic E-state index is 0. The maximum absolute atomic E-state index is 4.85. The van der Waals surface area contributed by atoms with Gasteiger partial charge >= 0.3 is 0 Å². The zero-order valence-corrected chi connectivity index (χ0v) is 14.8. The Labute approximate surface area is 146 Å². The fraction of sp³-hybridized carbons (Fsp3) is 0.150. The normalized spacial score (nSPS) is 10.8. The summed E-state index contributed by atoms with van der Waals surface area (Å²) in [6.45, 7) is 2.21. The van der Waals surface area contributed by atoms with Gasteiger partial charge in [-0.05, 0) is 23.4 Å². The van der Waals surface area contributed by atoms with E-state index in [9.17, 15) is 0 Å². The third kappa shape index (κ3) is 2.89. The van der Waals surface area contributed by atoms with Crippen LogP contribution in [0.1, 0.15) is 18.9 Å². The van der Waals surface area contributed by atoms with Crippen molar-refractivity contribution in [1.82, 2.24) is 9.38 Å². The summed E-state index contributed by atoms with van der Waals surface area (Å²) in [5.41, 5.74) is 4.61. The van der Waals surface area contributed by atoms with Crippen molar-refractivity contribution >= 4 is 33.4 Å². The molecule has 3 heteroatoms. The molecular formula is C20H19BrN2. The molecule has 2 nitrogen and oxygen atoms in total. The molecule has 0 spiro atoms. The first kappa shape index (κ1) is 15.8. The van der Waals surface area contributed by atoms with Crippen molar-refractivity contribution in [3.63, 3.8) is 0 Å². The van der Waals surface area contributed by atoms with Crippen LogP contribution in [-0.4, -0.2) is 9.38 Å². The number of halogens is 1. The van der Waals surface area contributed by atoms with Gasteiger partial charge in [-0.3, -0.25) is 0 Å². The van der Waals surface area contributed by atoms with Crippen LogP contribution in [0.3, 0.4) is 0 Å². The molecule has 2 aromatic carbocycles. The largest absolute Gasteiger partial charge is 0.306 e. The highest BCUT2D eigenvalue weighted by Gasteiger charge is 2.07.